The molecule has 1 aliphatic heterocycles. The third-order valence-electron chi connectivity index (χ3n) is 4.27. The van der Waals surface area contributed by atoms with Gasteiger partial charge in [-0.3, -0.25) is 10.1 Å². The Labute approximate surface area is 126 Å². The summed E-state index contributed by atoms with van der Waals surface area (Å²) in [6.07, 6.45) is -4.53. The lowest BCUT2D eigenvalue weighted by molar-refractivity contribution is -0.535. The molecule has 0 radical (unpaired) electrons. The topological polar surface area (TPSA) is 55.2 Å². The first kappa shape index (κ1) is 16.7. The summed E-state index contributed by atoms with van der Waals surface area (Å²) in [4.78, 5) is 11.0. The van der Waals surface area contributed by atoms with Gasteiger partial charge in [-0.2, -0.15) is 13.2 Å². The van der Waals surface area contributed by atoms with Crippen LogP contribution in [-0.4, -0.2) is 17.5 Å². The average Bonchev–Trinajstić information content (AvgIpc) is 2.82. The fraction of sp³-hybridized carbons (Fsp3) is 0.600. The van der Waals surface area contributed by atoms with Gasteiger partial charge < -0.3 is 5.32 Å². The number of benzene rings is 1. The fourth-order valence-electron chi connectivity index (χ4n) is 3.14. The Balaban J connectivity index is 2.48. The minimum absolute atomic E-state index is 0.0524. The van der Waals surface area contributed by atoms with Crippen LogP contribution < -0.4 is 5.32 Å². The Bertz CT molecular complexity index is 567. The Hall–Kier alpha value is -1.63. The van der Waals surface area contributed by atoms with E-state index in [1.807, 2.05) is 20.8 Å². The predicted octanol–water partition coefficient (Wildman–Crippen LogP) is 3.66. The van der Waals surface area contributed by atoms with Gasteiger partial charge in [0.15, 0.2) is 0 Å². The van der Waals surface area contributed by atoms with Crippen molar-refractivity contribution >= 4 is 0 Å². The van der Waals surface area contributed by atoms with E-state index < -0.39 is 28.7 Å². The molecule has 0 amide bonds. The van der Waals surface area contributed by atoms with Gasteiger partial charge in [-0.1, -0.05) is 39.0 Å². The summed E-state index contributed by atoms with van der Waals surface area (Å²) in [7, 11) is 0. The zero-order valence-corrected chi connectivity index (χ0v) is 12.6. The summed E-state index contributed by atoms with van der Waals surface area (Å²) in [5.41, 5.74) is -1.23. The van der Waals surface area contributed by atoms with Crippen LogP contribution in [0.3, 0.4) is 0 Å². The van der Waals surface area contributed by atoms with Crippen LogP contribution in [0.25, 0.3) is 0 Å². The lowest BCUT2D eigenvalue weighted by Crippen LogP contribution is -2.38. The van der Waals surface area contributed by atoms with Gasteiger partial charge in [-0.15, -0.1) is 0 Å². The van der Waals surface area contributed by atoms with Crippen LogP contribution in [-0.2, 0) is 6.18 Å². The van der Waals surface area contributed by atoms with Gasteiger partial charge in [-0.05, 0) is 17.0 Å². The molecular formula is C15H19F3N2O2. The Morgan fingerprint density at radius 2 is 1.82 bits per heavy atom. The molecule has 0 bridgehead atoms. The van der Waals surface area contributed by atoms with Crippen molar-refractivity contribution in [2.24, 2.45) is 11.3 Å². The molecule has 122 valence electrons. The van der Waals surface area contributed by atoms with Crippen molar-refractivity contribution in [1.82, 2.24) is 5.32 Å². The second-order valence-corrected chi connectivity index (χ2v) is 6.72. The van der Waals surface area contributed by atoms with E-state index in [-0.39, 0.29) is 16.9 Å². The molecule has 1 saturated heterocycles. The standard InChI is InChI=1S/C15H19F3N2O2/c1-14(2,3)11-8-19-12(13(11)20(21)22)9-6-4-5-7-10(9)15(16,17)18/h4-7,11-13,19H,8H2,1-3H3. The SMILES string of the molecule is CC(C)(C)C1CNC(c2ccccc2C(F)(F)F)C1[N+](=O)[O-]. The summed E-state index contributed by atoms with van der Waals surface area (Å²) in [6, 6.07) is 3.05. The van der Waals surface area contributed by atoms with Crippen LogP contribution in [0.15, 0.2) is 24.3 Å². The van der Waals surface area contributed by atoms with Crippen LogP contribution in [0.4, 0.5) is 13.2 Å². The molecule has 3 unspecified atom stereocenters. The van der Waals surface area contributed by atoms with Crippen LogP contribution in [0.1, 0.15) is 37.9 Å². The number of alkyl halides is 3. The molecule has 1 aliphatic rings. The van der Waals surface area contributed by atoms with Gasteiger partial charge in [0.1, 0.15) is 6.04 Å². The van der Waals surface area contributed by atoms with Gasteiger partial charge in [-0.25, -0.2) is 0 Å². The van der Waals surface area contributed by atoms with Gasteiger partial charge in [0, 0.05) is 17.4 Å². The molecule has 1 fully saturated rings. The van der Waals surface area contributed by atoms with E-state index in [9.17, 15) is 23.3 Å². The smallest absolute Gasteiger partial charge is 0.304 e. The van der Waals surface area contributed by atoms with Crippen molar-refractivity contribution < 1.29 is 18.1 Å². The lowest BCUT2D eigenvalue weighted by atomic mass is 9.76. The van der Waals surface area contributed by atoms with E-state index in [1.165, 1.54) is 18.2 Å². The third kappa shape index (κ3) is 3.09. The molecule has 7 heteroatoms. The van der Waals surface area contributed by atoms with Crippen molar-refractivity contribution in [2.75, 3.05) is 6.54 Å². The van der Waals surface area contributed by atoms with Gasteiger partial charge >= 0.3 is 6.18 Å². The highest BCUT2D eigenvalue weighted by atomic mass is 19.4. The molecule has 4 nitrogen and oxygen atoms in total. The maximum Gasteiger partial charge on any atom is 0.416 e. The van der Waals surface area contributed by atoms with Gasteiger partial charge in [0.25, 0.3) is 0 Å². The Kier molecular flexibility index (Phi) is 4.21. The zero-order valence-electron chi connectivity index (χ0n) is 12.6. The molecule has 0 spiro atoms. The number of hydrogen-bond acceptors (Lipinski definition) is 3. The van der Waals surface area contributed by atoms with E-state index in [0.717, 1.165) is 6.07 Å². The second-order valence-electron chi connectivity index (χ2n) is 6.72. The Morgan fingerprint density at radius 1 is 1.23 bits per heavy atom. The number of hydrogen-bond donors (Lipinski definition) is 1. The molecule has 1 aromatic carbocycles. The minimum Gasteiger partial charge on any atom is -0.304 e. The minimum atomic E-state index is -4.53. The summed E-state index contributed by atoms with van der Waals surface area (Å²) in [6.45, 7) is 5.93. The summed E-state index contributed by atoms with van der Waals surface area (Å²) < 4.78 is 39.5. The number of halogens is 3. The molecule has 0 aliphatic carbocycles. The van der Waals surface area contributed by atoms with Gasteiger partial charge in [0.2, 0.25) is 6.04 Å². The number of nitrogens with zero attached hydrogens (tertiary/aromatic N) is 1. The third-order valence-corrected chi connectivity index (χ3v) is 4.27. The summed E-state index contributed by atoms with van der Waals surface area (Å²) in [5.74, 6) is -0.339. The Morgan fingerprint density at radius 3 is 2.32 bits per heavy atom. The predicted molar refractivity (Wildman–Crippen MR) is 75.9 cm³/mol. The van der Waals surface area contributed by atoms with E-state index >= 15 is 0 Å². The molecular weight excluding hydrogens is 297 g/mol. The summed E-state index contributed by atoms with van der Waals surface area (Å²) >= 11 is 0. The van der Waals surface area contributed by atoms with Gasteiger partial charge in [0.05, 0.1) is 5.56 Å². The maximum absolute atomic E-state index is 13.2. The van der Waals surface area contributed by atoms with Crippen LogP contribution >= 0.6 is 0 Å². The van der Waals surface area contributed by atoms with Crippen molar-refractivity contribution in [3.8, 4) is 0 Å². The molecule has 0 saturated carbocycles. The quantitative estimate of drug-likeness (QED) is 0.669. The van der Waals surface area contributed by atoms with Crippen molar-refractivity contribution in [2.45, 2.75) is 39.0 Å². The first-order valence-electron chi connectivity index (χ1n) is 7.06. The molecule has 3 atom stereocenters. The highest BCUT2D eigenvalue weighted by Crippen LogP contribution is 2.43. The number of nitro groups is 1. The van der Waals surface area contributed by atoms with E-state index in [0.29, 0.717) is 6.54 Å². The number of rotatable bonds is 2. The highest BCUT2D eigenvalue weighted by molar-refractivity contribution is 5.34. The summed E-state index contributed by atoms with van der Waals surface area (Å²) in [5, 5.41) is 14.4. The normalized spacial score (nSPS) is 26.2. The molecule has 2 rings (SSSR count). The van der Waals surface area contributed by atoms with Crippen molar-refractivity contribution in [3.05, 3.63) is 45.5 Å². The van der Waals surface area contributed by atoms with Crippen LogP contribution in [0, 0.1) is 21.4 Å². The van der Waals surface area contributed by atoms with Crippen molar-refractivity contribution in [3.63, 3.8) is 0 Å². The number of nitrogens with one attached hydrogen (secondary N) is 1. The second kappa shape index (κ2) is 5.53. The zero-order chi connectivity index (χ0) is 16.7. The molecule has 22 heavy (non-hydrogen) atoms. The van der Waals surface area contributed by atoms with Crippen LogP contribution in [0.5, 0.6) is 0 Å². The van der Waals surface area contributed by atoms with Crippen LogP contribution in [0.2, 0.25) is 0 Å². The average molecular weight is 316 g/mol. The highest BCUT2D eigenvalue weighted by Gasteiger charge is 2.52. The largest absolute Gasteiger partial charge is 0.416 e. The fourth-order valence-corrected chi connectivity index (χ4v) is 3.14. The molecule has 1 heterocycles. The van der Waals surface area contributed by atoms with E-state index in [2.05, 4.69) is 5.32 Å². The first-order valence-corrected chi connectivity index (χ1v) is 7.06. The van der Waals surface area contributed by atoms with Crippen molar-refractivity contribution in [1.29, 1.82) is 0 Å². The first-order chi connectivity index (χ1) is 10.0. The molecule has 1 N–H and O–H groups in total. The maximum atomic E-state index is 13.2. The van der Waals surface area contributed by atoms with E-state index in [1.54, 1.807) is 0 Å². The monoisotopic (exact) mass is 316 g/mol. The molecule has 1 aromatic rings. The molecule has 0 aromatic heterocycles. The lowest BCUT2D eigenvalue weighted by Gasteiger charge is -2.28. The van der Waals surface area contributed by atoms with E-state index in [4.69, 9.17) is 0 Å².